The van der Waals surface area contributed by atoms with E-state index in [4.69, 9.17) is 4.74 Å². The zero-order chi connectivity index (χ0) is 29.1. The molecule has 0 bridgehead atoms. The number of rotatable bonds is 8. The molecule has 0 saturated carbocycles. The standard InChI is InChI=1S/C32H31BrN4O4/c1-21(2)18-36-17-5-6-26(30(36)39)31(40)37-19-32(20-37,23-11-13-24(33)14-12-23)35-29(38)28-8-4-7-27(34-28)22-9-15-25(41-3)16-10-22/h4-17,21H,18-20H2,1-3H3,(H,35,38). The van der Waals surface area contributed by atoms with Crippen LogP contribution in [0.15, 0.2) is 94.3 Å². The van der Waals surface area contributed by atoms with Crippen molar-refractivity contribution in [3.63, 3.8) is 0 Å². The van der Waals surface area contributed by atoms with Gasteiger partial charge in [-0.2, -0.15) is 0 Å². The van der Waals surface area contributed by atoms with E-state index >= 15 is 0 Å². The molecule has 4 aromatic rings. The SMILES string of the molecule is COc1ccc(-c2cccc(C(=O)NC3(c4ccc(Br)cc4)CN(C(=O)c4cccn(CC(C)C)c4=O)C3)n2)cc1. The van der Waals surface area contributed by atoms with E-state index in [1.165, 1.54) is 0 Å². The summed E-state index contributed by atoms with van der Waals surface area (Å²) in [4.78, 5) is 46.2. The van der Waals surface area contributed by atoms with Crippen molar-refractivity contribution < 1.29 is 14.3 Å². The number of carbonyl (C=O) groups excluding carboxylic acids is 2. The first kappa shape index (κ1) is 28.3. The molecule has 0 atom stereocenters. The summed E-state index contributed by atoms with van der Waals surface area (Å²) in [7, 11) is 1.61. The van der Waals surface area contributed by atoms with Crippen molar-refractivity contribution >= 4 is 27.7 Å². The molecule has 1 N–H and O–H groups in total. The molecule has 1 aliphatic heterocycles. The Morgan fingerprint density at radius 1 is 1.00 bits per heavy atom. The molecule has 9 heteroatoms. The Hall–Kier alpha value is -4.24. The Morgan fingerprint density at radius 2 is 1.71 bits per heavy atom. The first-order chi connectivity index (χ1) is 19.7. The van der Waals surface area contributed by atoms with Gasteiger partial charge in [-0.1, -0.05) is 48.0 Å². The van der Waals surface area contributed by atoms with Crippen molar-refractivity contribution in [2.24, 2.45) is 5.92 Å². The predicted molar refractivity (Wildman–Crippen MR) is 161 cm³/mol. The molecule has 0 radical (unpaired) electrons. The van der Waals surface area contributed by atoms with Gasteiger partial charge in [0.1, 0.15) is 22.5 Å². The molecule has 1 saturated heterocycles. The fourth-order valence-electron chi connectivity index (χ4n) is 5.02. The van der Waals surface area contributed by atoms with E-state index in [1.807, 2.05) is 68.4 Å². The van der Waals surface area contributed by atoms with E-state index in [2.05, 4.69) is 26.2 Å². The minimum absolute atomic E-state index is 0.123. The largest absolute Gasteiger partial charge is 0.497 e. The van der Waals surface area contributed by atoms with Crippen LogP contribution in [0.2, 0.25) is 0 Å². The summed E-state index contributed by atoms with van der Waals surface area (Å²) in [6.45, 7) is 5.01. The highest BCUT2D eigenvalue weighted by atomic mass is 79.9. The van der Waals surface area contributed by atoms with E-state index < -0.39 is 5.54 Å². The maximum atomic E-state index is 13.6. The number of ether oxygens (including phenoxy) is 1. The van der Waals surface area contributed by atoms with Crippen LogP contribution in [0.3, 0.4) is 0 Å². The van der Waals surface area contributed by atoms with E-state index in [9.17, 15) is 14.4 Å². The van der Waals surface area contributed by atoms with Crippen LogP contribution < -0.4 is 15.6 Å². The van der Waals surface area contributed by atoms with Crippen molar-refractivity contribution in [3.8, 4) is 17.0 Å². The van der Waals surface area contributed by atoms with Crippen molar-refractivity contribution in [2.75, 3.05) is 20.2 Å². The minimum Gasteiger partial charge on any atom is -0.497 e. The molecule has 1 fully saturated rings. The fraction of sp³-hybridized carbons (Fsp3) is 0.250. The molecule has 210 valence electrons. The molecule has 2 aromatic carbocycles. The van der Waals surface area contributed by atoms with Crippen molar-refractivity contribution in [2.45, 2.75) is 25.9 Å². The average molecular weight is 616 g/mol. The summed E-state index contributed by atoms with van der Waals surface area (Å²) in [5, 5.41) is 3.15. The van der Waals surface area contributed by atoms with Gasteiger partial charge in [0, 0.05) is 22.8 Å². The summed E-state index contributed by atoms with van der Waals surface area (Å²) >= 11 is 3.47. The summed E-state index contributed by atoms with van der Waals surface area (Å²) in [6, 6.07) is 23.7. The quantitative estimate of drug-likeness (QED) is 0.297. The monoisotopic (exact) mass is 614 g/mol. The van der Waals surface area contributed by atoms with Gasteiger partial charge in [0.25, 0.3) is 17.4 Å². The van der Waals surface area contributed by atoms with Crippen LogP contribution in [0.4, 0.5) is 0 Å². The zero-order valence-corrected chi connectivity index (χ0v) is 24.7. The van der Waals surface area contributed by atoms with Gasteiger partial charge in [-0.05, 0) is 72.1 Å². The molecular formula is C32H31BrN4O4. The molecule has 0 spiro atoms. The second kappa shape index (κ2) is 11.7. The van der Waals surface area contributed by atoms with Gasteiger partial charge < -0.3 is 19.5 Å². The number of benzene rings is 2. The van der Waals surface area contributed by atoms with Crippen LogP contribution in [-0.4, -0.2) is 46.5 Å². The van der Waals surface area contributed by atoms with Crippen molar-refractivity contribution in [3.05, 3.63) is 117 Å². The summed E-state index contributed by atoms with van der Waals surface area (Å²) in [6.07, 6.45) is 1.70. The van der Waals surface area contributed by atoms with E-state index in [0.29, 0.717) is 12.2 Å². The van der Waals surface area contributed by atoms with Crippen molar-refractivity contribution in [1.29, 1.82) is 0 Å². The highest BCUT2D eigenvalue weighted by Crippen LogP contribution is 2.34. The Labute approximate surface area is 247 Å². The molecule has 41 heavy (non-hydrogen) atoms. The van der Waals surface area contributed by atoms with E-state index in [1.54, 1.807) is 47.0 Å². The van der Waals surface area contributed by atoms with Crippen LogP contribution in [0.1, 0.15) is 40.3 Å². The number of amides is 2. The van der Waals surface area contributed by atoms with E-state index in [-0.39, 0.29) is 47.6 Å². The summed E-state index contributed by atoms with van der Waals surface area (Å²) in [5.74, 6) is 0.292. The van der Waals surface area contributed by atoms with Gasteiger partial charge in [-0.15, -0.1) is 0 Å². The number of hydrogen-bond acceptors (Lipinski definition) is 5. The Bertz CT molecular complexity index is 1630. The summed E-state index contributed by atoms with van der Waals surface area (Å²) in [5.41, 5.74) is 1.61. The van der Waals surface area contributed by atoms with Crippen LogP contribution in [-0.2, 0) is 12.1 Å². The van der Waals surface area contributed by atoms with Crippen LogP contribution >= 0.6 is 15.9 Å². The molecule has 5 rings (SSSR count). The molecule has 2 amide bonds. The third-order valence-electron chi connectivity index (χ3n) is 7.14. The highest BCUT2D eigenvalue weighted by molar-refractivity contribution is 9.10. The molecule has 8 nitrogen and oxygen atoms in total. The molecule has 3 heterocycles. The molecule has 1 aliphatic rings. The summed E-state index contributed by atoms with van der Waals surface area (Å²) < 4.78 is 7.71. The van der Waals surface area contributed by atoms with Crippen LogP contribution in [0.25, 0.3) is 11.3 Å². The maximum Gasteiger partial charge on any atom is 0.270 e. The lowest BCUT2D eigenvalue weighted by molar-refractivity contribution is 0.0258. The van der Waals surface area contributed by atoms with Gasteiger partial charge in [0.2, 0.25) is 0 Å². The van der Waals surface area contributed by atoms with Gasteiger partial charge in [0.15, 0.2) is 0 Å². The van der Waals surface area contributed by atoms with E-state index in [0.717, 1.165) is 21.3 Å². The van der Waals surface area contributed by atoms with Gasteiger partial charge in [-0.3, -0.25) is 14.4 Å². The minimum atomic E-state index is -0.836. The lowest BCUT2D eigenvalue weighted by Gasteiger charge is -2.50. The maximum absolute atomic E-state index is 13.6. The smallest absolute Gasteiger partial charge is 0.270 e. The Kier molecular flexibility index (Phi) is 8.08. The number of carbonyl (C=O) groups is 2. The van der Waals surface area contributed by atoms with Crippen molar-refractivity contribution in [1.82, 2.24) is 19.8 Å². The topological polar surface area (TPSA) is 93.5 Å². The first-order valence-electron chi connectivity index (χ1n) is 13.4. The number of methoxy groups -OCH3 is 1. The lowest BCUT2D eigenvalue weighted by Crippen LogP contribution is -2.69. The number of likely N-dealkylation sites (tertiary alicyclic amines) is 1. The molecule has 0 unspecified atom stereocenters. The van der Waals surface area contributed by atoms with Gasteiger partial charge >= 0.3 is 0 Å². The highest BCUT2D eigenvalue weighted by Gasteiger charge is 2.48. The van der Waals surface area contributed by atoms with Crippen LogP contribution in [0, 0.1) is 5.92 Å². The fourth-order valence-corrected chi connectivity index (χ4v) is 5.29. The number of pyridine rings is 2. The average Bonchev–Trinajstić information content (AvgIpc) is 2.96. The first-order valence-corrected chi connectivity index (χ1v) is 14.2. The number of hydrogen-bond donors (Lipinski definition) is 1. The predicted octanol–water partition coefficient (Wildman–Crippen LogP) is 5.12. The van der Waals surface area contributed by atoms with Crippen LogP contribution in [0.5, 0.6) is 5.75 Å². The number of nitrogens with one attached hydrogen (secondary N) is 1. The van der Waals surface area contributed by atoms with Gasteiger partial charge in [-0.25, -0.2) is 4.98 Å². The Balaban J connectivity index is 1.40. The zero-order valence-electron chi connectivity index (χ0n) is 23.1. The third kappa shape index (κ3) is 5.95. The Morgan fingerprint density at radius 3 is 2.37 bits per heavy atom. The van der Waals surface area contributed by atoms with Gasteiger partial charge in [0.05, 0.1) is 25.9 Å². The number of aromatic nitrogens is 2. The molecule has 0 aliphatic carbocycles. The second-order valence-corrected chi connectivity index (χ2v) is 11.5. The second-order valence-electron chi connectivity index (χ2n) is 10.6. The molecule has 2 aromatic heterocycles. The lowest BCUT2D eigenvalue weighted by atomic mass is 9.81. The third-order valence-corrected chi connectivity index (χ3v) is 7.67. The molecular weight excluding hydrogens is 584 g/mol. The normalized spacial score (nSPS) is 13.9. The number of nitrogens with zero attached hydrogens (tertiary/aromatic N) is 3. The number of halogens is 1.